The summed E-state index contributed by atoms with van der Waals surface area (Å²) in [5.74, 6) is -0.663. The average Bonchev–Trinajstić information content (AvgIpc) is 2.43. The van der Waals surface area contributed by atoms with Crippen LogP contribution in [0.3, 0.4) is 0 Å². The molecule has 0 aliphatic carbocycles. The second-order valence-corrected chi connectivity index (χ2v) is 4.64. The molecule has 0 unspecified atom stereocenters. The number of benzene rings is 1. The summed E-state index contributed by atoms with van der Waals surface area (Å²) in [7, 11) is 0. The van der Waals surface area contributed by atoms with Gasteiger partial charge in [-0.2, -0.15) is 0 Å². The van der Waals surface area contributed by atoms with E-state index < -0.39 is 5.97 Å². The van der Waals surface area contributed by atoms with E-state index >= 15 is 0 Å². The van der Waals surface area contributed by atoms with E-state index in [-0.39, 0.29) is 12.3 Å². The molecule has 1 aliphatic heterocycles. The summed E-state index contributed by atoms with van der Waals surface area (Å²) in [4.78, 5) is 12.7. The van der Waals surface area contributed by atoms with Gasteiger partial charge in [0.05, 0.1) is 6.42 Å². The van der Waals surface area contributed by atoms with Crippen molar-refractivity contribution in [1.82, 2.24) is 4.90 Å². The van der Waals surface area contributed by atoms with Gasteiger partial charge >= 0.3 is 5.97 Å². The molecule has 0 spiro atoms. The lowest BCUT2D eigenvalue weighted by atomic mass is 9.97. The number of oxime groups is 1. The van der Waals surface area contributed by atoms with Crippen LogP contribution < -0.4 is 5.73 Å². The summed E-state index contributed by atoms with van der Waals surface area (Å²) >= 11 is 0. The van der Waals surface area contributed by atoms with Crippen LogP contribution in [0.1, 0.15) is 23.1 Å². The molecule has 0 radical (unpaired) electrons. The molecule has 102 valence electrons. The first kappa shape index (κ1) is 13.4. The third-order valence-electron chi connectivity index (χ3n) is 3.34. The Labute approximate surface area is 111 Å². The number of hydrogen-bond acceptors (Lipinski definition) is 4. The summed E-state index contributed by atoms with van der Waals surface area (Å²) < 4.78 is 0. The molecule has 0 saturated heterocycles. The molecular formula is C13H17N3O3. The maximum atomic E-state index is 10.6. The largest absolute Gasteiger partial charge is 0.481 e. The summed E-state index contributed by atoms with van der Waals surface area (Å²) in [6.07, 6.45) is 1.01. The molecule has 19 heavy (non-hydrogen) atoms. The van der Waals surface area contributed by atoms with E-state index in [0.29, 0.717) is 12.1 Å². The van der Waals surface area contributed by atoms with Gasteiger partial charge in [0.1, 0.15) is 0 Å². The maximum Gasteiger partial charge on any atom is 0.304 e. The smallest absolute Gasteiger partial charge is 0.304 e. The topological polar surface area (TPSA) is 99.2 Å². The molecular weight excluding hydrogens is 246 g/mol. The highest BCUT2D eigenvalue weighted by molar-refractivity contribution is 5.97. The zero-order valence-electron chi connectivity index (χ0n) is 10.5. The lowest BCUT2D eigenvalue weighted by Gasteiger charge is -2.28. The van der Waals surface area contributed by atoms with Gasteiger partial charge in [-0.1, -0.05) is 17.3 Å². The van der Waals surface area contributed by atoms with Crippen LogP contribution >= 0.6 is 0 Å². The van der Waals surface area contributed by atoms with E-state index in [1.54, 1.807) is 0 Å². The standard InChI is InChI=1S/C13H17N3O3/c14-13(15-19)10-1-2-11-8-16(6-4-12(17)18)5-3-9(11)7-10/h1-2,7,19H,3-6,8H2,(H2,14,15)(H,17,18). The molecule has 0 fully saturated rings. The van der Waals surface area contributed by atoms with Gasteiger partial charge in [-0.15, -0.1) is 0 Å². The van der Waals surface area contributed by atoms with Gasteiger partial charge in [-0.25, -0.2) is 0 Å². The third-order valence-corrected chi connectivity index (χ3v) is 3.34. The van der Waals surface area contributed by atoms with Gasteiger partial charge in [-0.05, 0) is 23.6 Å². The summed E-state index contributed by atoms with van der Waals surface area (Å²) in [5, 5.41) is 20.3. The number of amidine groups is 1. The molecule has 0 bridgehead atoms. The summed E-state index contributed by atoms with van der Waals surface area (Å²) in [5.41, 5.74) is 8.62. The van der Waals surface area contributed by atoms with Crippen LogP contribution in [0.15, 0.2) is 23.4 Å². The van der Waals surface area contributed by atoms with Crippen molar-refractivity contribution >= 4 is 11.8 Å². The minimum Gasteiger partial charge on any atom is -0.481 e. The zero-order valence-corrected chi connectivity index (χ0v) is 10.5. The van der Waals surface area contributed by atoms with Gasteiger partial charge < -0.3 is 16.0 Å². The number of fused-ring (bicyclic) bond motifs is 1. The number of nitrogens with zero attached hydrogens (tertiary/aromatic N) is 2. The van der Waals surface area contributed by atoms with Gasteiger partial charge in [0.15, 0.2) is 5.84 Å². The molecule has 1 aromatic rings. The number of hydrogen-bond donors (Lipinski definition) is 3. The van der Waals surface area contributed by atoms with Crippen molar-refractivity contribution in [3.8, 4) is 0 Å². The Balaban J connectivity index is 2.08. The van der Waals surface area contributed by atoms with Crippen LogP contribution in [0.4, 0.5) is 0 Å². The Morgan fingerprint density at radius 3 is 2.89 bits per heavy atom. The quantitative estimate of drug-likeness (QED) is 0.320. The van der Waals surface area contributed by atoms with Crippen molar-refractivity contribution < 1.29 is 15.1 Å². The number of carboxylic acid groups (broad SMARTS) is 1. The average molecular weight is 263 g/mol. The van der Waals surface area contributed by atoms with Gasteiger partial charge in [0, 0.05) is 25.2 Å². The van der Waals surface area contributed by atoms with Crippen LogP contribution in [0.5, 0.6) is 0 Å². The normalized spacial score (nSPS) is 16.1. The van der Waals surface area contributed by atoms with Crippen molar-refractivity contribution in [2.24, 2.45) is 10.9 Å². The second-order valence-electron chi connectivity index (χ2n) is 4.64. The molecule has 1 heterocycles. The molecule has 6 heteroatoms. The van der Waals surface area contributed by atoms with Crippen LogP contribution in [0, 0.1) is 0 Å². The minimum absolute atomic E-state index is 0.108. The predicted molar refractivity (Wildman–Crippen MR) is 70.2 cm³/mol. The molecule has 1 aliphatic rings. The molecule has 0 atom stereocenters. The lowest BCUT2D eigenvalue weighted by Crippen LogP contribution is -2.32. The van der Waals surface area contributed by atoms with E-state index in [2.05, 4.69) is 10.1 Å². The minimum atomic E-state index is -0.770. The van der Waals surface area contributed by atoms with E-state index in [9.17, 15) is 4.79 Å². The summed E-state index contributed by atoms with van der Waals surface area (Å²) in [6, 6.07) is 5.70. The molecule has 4 N–H and O–H groups in total. The number of carboxylic acids is 1. The SMILES string of the molecule is NC(=NO)c1ccc2c(c1)CCN(CCC(=O)O)C2. The fourth-order valence-corrected chi connectivity index (χ4v) is 2.27. The third kappa shape index (κ3) is 3.23. The molecule has 1 aromatic carbocycles. The number of aliphatic carboxylic acids is 1. The first-order valence-electron chi connectivity index (χ1n) is 6.14. The van der Waals surface area contributed by atoms with Gasteiger partial charge in [0.2, 0.25) is 0 Å². The first-order valence-corrected chi connectivity index (χ1v) is 6.14. The monoisotopic (exact) mass is 263 g/mol. The van der Waals surface area contributed by atoms with Gasteiger partial charge in [0.25, 0.3) is 0 Å². The first-order chi connectivity index (χ1) is 9.10. The fourth-order valence-electron chi connectivity index (χ4n) is 2.27. The van der Waals surface area contributed by atoms with Crippen molar-refractivity contribution in [1.29, 1.82) is 0 Å². The molecule has 2 rings (SSSR count). The van der Waals surface area contributed by atoms with Crippen LogP contribution in [0.2, 0.25) is 0 Å². The Morgan fingerprint density at radius 1 is 1.42 bits per heavy atom. The fraction of sp³-hybridized carbons (Fsp3) is 0.385. The maximum absolute atomic E-state index is 10.6. The highest BCUT2D eigenvalue weighted by Crippen LogP contribution is 2.20. The molecule has 0 amide bonds. The van der Waals surface area contributed by atoms with Crippen LogP contribution in [0.25, 0.3) is 0 Å². The lowest BCUT2D eigenvalue weighted by molar-refractivity contribution is -0.137. The molecule has 6 nitrogen and oxygen atoms in total. The number of rotatable bonds is 4. The Hall–Kier alpha value is -2.08. The number of nitrogens with two attached hydrogens (primary N) is 1. The van der Waals surface area contributed by atoms with E-state index in [1.165, 1.54) is 11.1 Å². The zero-order chi connectivity index (χ0) is 13.8. The van der Waals surface area contributed by atoms with E-state index in [0.717, 1.165) is 19.5 Å². The van der Waals surface area contributed by atoms with Crippen molar-refractivity contribution in [2.45, 2.75) is 19.4 Å². The van der Waals surface area contributed by atoms with Crippen LogP contribution in [-0.2, 0) is 17.8 Å². The van der Waals surface area contributed by atoms with Gasteiger partial charge in [-0.3, -0.25) is 9.69 Å². The van der Waals surface area contributed by atoms with E-state index in [1.807, 2.05) is 18.2 Å². The predicted octanol–water partition coefficient (Wildman–Crippen LogP) is 0.614. The van der Waals surface area contributed by atoms with E-state index in [4.69, 9.17) is 16.0 Å². The molecule has 0 saturated carbocycles. The highest BCUT2D eigenvalue weighted by Gasteiger charge is 2.17. The Bertz CT molecular complexity index is 514. The number of carbonyl (C=O) groups is 1. The van der Waals surface area contributed by atoms with Crippen molar-refractivity contribution in [3.05, 3.63) is 34.9 Å². The summed E-state index contributed by atoms with van der Waals surface area (Å²) in [6.45, 7) is 2.15. The van der Waals surface area contributed by atoms with Crippen molar-refractivity contribution in [2.75, 3.05) is 13.1 Å². The second kappa shape index (κ2) is 5.71. The highest BCUT2D eigenvalue weighted by atomic mass is 16.4. The van der Waals surface area contributed by atoms with Crippen molar-refractivity contribution in [3.63, 3.8) is 0 Å². The Morgan fingerprint density at radius 2 is 2.21 bits per heavy atom. The Kier molecular flexibility index (Phi) is 4.01. The molecule has 0 aromatic heterocycles. The van der Waals surface area contributed by atoms with Crippen LogP contribution in [-0.4, -0.2) is 40.1 Å².